The van der Waals surface area contributed by atoms with Crippen molar-refractivity contribution in [3.63, 3.8) is 0 Å². The molecule has 4 heteroatoms. The topological polar surface area (TPSA) is 61.1 Å². The second kappa shape index (κ2) is 4.70. The Kier molecular flexibility index (Phi) is 3.82. The molecule has 1 aliphatic carbocycles. The lowest BCUT2D eigenvalue weighted by Crippen LogP contribution is -2.17. The van der Waals surface area contributed by atoms with E-state index in [9.17, 15) is 4.79 Å². The first kappa shape index (κ1) is 11.4. The van der Waals surface area contributed by atoms with Gasteiger partial charge in [-0.1, -0.05) is 6.92 Å². The lowest BCUT2D eigenvalue weighted by molar-refractivity contribution is -0.136. The van der Waals surface area contributed by atoms with E-state index in [0.29, 0.717) is 12.8 Å². The zero-order valence-corrected chi connectivity index (χ0v) is 9.14. The largest absolute Gasteiger partial charge is 0.480 e. The summed E-state index contributed by atoms with van der Waals surface area (Å²) in [5, 5.41) is 17.1. The molecular weight excluding hydrogens is 198 g/mol. The number of nitrogens with zero attached hydrogens (tertiary/aromatic N) is 1. The van der Waals surface area contributed by atoms with Crippen LogP contribution in [0.25, 0.3) is 0 Å². The molecule has 0 radical (unpaired) electrons. The second-order valence-corrected chi connectivity index (χ2v) is 5.07. The molecule has 1 fully saturated rings. The Balaban J connectivity index is 2.32. The van der Waals surface area contributed by atoms with Gasteiger partial charge in [-0.05, 0) is 24.7 Å². The standard InChI is InChI=1S/C10H15NO2S/c1-2-8(9(12)13)14-7-10(3-4-10)5-6-11/h8H,2-5,7H2,1H3,(H,12,13). The minimum atomic E-state index is -0.731. The predicted octanol–water partition coefficient (Wildman–Crippen LogP) is 2.28. The van der Waals surface area contributed by atoms with E-state index in [2.05, 4.69) is 6.07 Å². The summed E-state index contributed by atoms with van der Waals surface area (Å²) in [6, 6.07) is 2.18. The van der Waals surface area contributed by atoms with Gasteiger partial charge in [-0.15, -0.1) is 11.8 Å². The molecule has 0 bridgehead atoms. The van der Waals surface area contributed by atoms with E-state index >= 15 is 0 Å². The highest BCUT2D eigenvalue weighted by molar-refractivity contribution is 8.00. The number of carboxylic acids is 1. The Labute approximate surface area is 88.5 Å². The fourth-order valence-electron chi connectivity index (χ4n) is 1.36. The Morgan fingerprint density at radius 1 is 1.71 bits per heavy atom. The van der Waals surface area contributed by atoms with Crippen molar-refractivity contribution in [2.24, 2.45) is 5.41 Å². The van der Waals surface area contributed by atoms with Crippen LogP contribution in [0.4, 0.5) is 0 Å². The lowest BCUT2D eigenvalue weighted by atomic mass is 10.1. The summed E-state index contributed by atoms with van der Waals surface area (Å²) in [5.41, 5.74) is 0.155. The van der Waals surface area contributed by atoms with Gasteiger partial charge in [0.05, 0.1) is 6.07 Å². The molecule has 14 heavy (non-hydrogen) atoms. The van der Waals surface area contributed by atoms with E-state index < -0.39 is 5.97 Å². The molecule has 0 aromatic carbocycles. The summed E-state index contributed by atoms with van der Waals surface area (Å²) in [6.07, 6.45) is 3.41. The molecule has 1 saturated carbocycles. The van der Waals surface area contributed by atoms with Gasteiger partial charge in [-0.25, -0.2) is 0 Å². The van der Waals surface area contributed by atoms with E-state index in [0.717, 1.165) is 18.6 Å². The summed E-state index contributed by atoms with van der Waals surface area (Å²) >= 11 is 1.49. The van der Waals surface area contributed by atoms with Crippen LogP contribution in [0.1, 0.15) is 32.6 Å². The number of carbonyl (C=O) groups is 1. The summed E-state index contributed by atoms with van der Waals surface area (Å²) in [5.74, 6) is 0.0935. The molecule has 0 heterocycles. The van der Waals surface area contributed by atoms with Crippen molar-refractivity contribution in [3.05, 3.63) is 0 Å². The highest BCUT2D eigenvalue weighted by Gasteiger charge is 2.42. The van der Waals surface area contributed by atoms with Gasteiger partial charge in [0.2, 0.25) is 0 Å². The van der Waals surface area contributed by atoms with Crippen molar-refractivity contribution in [2.45, 2.75) is 37.9 Å². The highest BCUT2D eigenvalue weighted by atomic mass is 32.2. The molecule has 1 rings (SSSR count). The van der Waals surface area contributed by atoms with Crippen LogP contribution in [-0.2, 0) is 4.79 Å². The number of rotatable bonds is 6. The lowest BCUT2D eigenvalue weighted by Gasteiger charge is -2.14. The summed E-state index contributed by atoms with van der Waals surface area (Å²) in [4.78, 5) is 10.7. The first-order chi connectivity index (χ1) is 6.63. The van der Waals surface area contributed by atoms with Crippen molar-refractivity contribution < 1.29 is 9.90 Å². The van der Waals surface area contributed by atoms with Gasteiger partial charge in [-0.2, -0.15) is 5.26 Å². The maximum Gasteiger partial charge on any atom is 0.316 e. The van der Waals surface area contributed by atoms with Crippen molar-refractivity contribution in [3.8, 4) is 6.07 Å². The fourth-order valence-corrected chi connectivity index (χ4v) is 2.68. The van der Waals surface area contributed by atoms with Gasteiger partial charge >= 0.3 is 5.97 Å². The Bertz CT molecular complexity index is 255. The molecule has 1 atom stereocenters. The first-order valence-corrected chi connectivity index (χ1v) is 5.90. The first-order valence-electron chi connectivity index (χ1n) is 4.85. The van der Waals surface area contributed by atoms with Gasteiger partial charge in [0.15, 0.2) is 0 Å². The minimum Gasteiger partial charge on any atom is -0.480 e. The van der Waals surface area contributed by atoms with Gasteiger partial charge in [-0.3, -0.25) is 4.79 Å². The third-order valence-corrected chi connectivity index (χ3v) is 4.36. The van der Waals surface area contributed by atoms with E-state index in [4.69, 9.17) is 10.4 Å². The molecule has 1 N–H and O–H groups in total. The summed E-state index contributed by atoms with van der Waals surface area (Å²) in [7, 11) is 0. The van der Waals surface area contributed by atoms with Crippen LogP contribution in [0.15, 0.2) is 0 Å². The van der Waals surface area contributed by atoms with Gasteiger partial charge in [0, 0.05) is 12.2 Å². The van der Waals surface area contributed by atoms with Crippen molar-refractivity contribution in [2.75, 3.05) is 5.75 Å². The smallest absolute Gasteiger partial charge is 0.316 e. The monoisotopic (exact) mass is 213 g/mol. The Morgan fingerprint density at radius 2 is 2.36 bits per heavy atom. The molecule has 78 valence electrons. The summed E-state index contributed by atoms with van der Waals surface area (Å²) < 4.78 is 0. The molecule has 0 spiro atoms. The second-order valence-electron chi connectivity index (χ2n) is 3.88. The van der Waals surface area contributed by atoms with E-state index in [1.54, 1.807) is 0 Å². The fraction of sp³-hybridized carbons (Fsp3) is 0.800. The van der Waals surface area contributed by atoms with Crippen molar-refractivity contribution in [1.29, 1.82) is 5.26 Å². The molecule has 0 aromatic heterocycles. The van der Waals surface area contributed by atoms with Crippen LogP contribution in [0.3, 0.4) is 0 Å². The van der Waals surface area contributed by atoms with Gasteiger partial charge < -0.3 is 5.11 Å². The van der Waals surface area contributed by atoms with Gasteiger partial charge in [0.1, 0.15) is 5.25 Å². The maximum atomic E-state index is 10.7. The average molecular weight is 213 g/mol. The zero-order chi connectivity index (χ0) is 10.6. The molecular formula is C10H15NO2S. The van der Waals surface area contributed by atoms with Crippen LogP contribution >= 0.6 is 11.8 Å². The molecule has 0 aromatic rings. The number of hydrogen-bond donors (Lipinski definition) is 1. The van der Waals surface area contributed by atoms with Crippen molar-refractivity contribution in [1.82, 2.24) is 0 Å². The Hall–Kier alpha value is -0.690. The molecule has 0 aliphatic heterocycles. The SMILES string of the molecule is CCC(SCC1(CC#N)CC1)C(=O)O. The predicted molar refractivity (Wildman–Crippen MR) is 56.1 cm³/mol. The third-order valence-electron chi connectivity index (χ3n) is 2.65. The number of thioether (sulfide) groups is 1. The number of hydrogen-bond acceptors (Lipinski definition) is 3. The normalized spacial score (nSPS) is 19.7. The zero-order valence-electron chi connectivity index (χ0n) is 8.32. The van der Waals surface area contributed by atoms with Crippen LogP contribution in [0.2, 0.25) is 0 Å². The van der Waals surface area contributed by atoms with Crippen LogP contribution in [-0.4, -0.2) is 22.1 Å². The molecule has 0 saturated heterocycles. The average Bonchev–Trinajstić information content (AvgIpc) is 2.86. The van der Waals surface area contributed by atoms with Crippen LogP contribution in [0, 0.1) is 16.7 Å². The van der Waals surface area contributed by atoms with E-state index in [-0.39, 0.29) is 10.7 Å². The van der Waals surface area contributed by atoms with Gasteiger partial charge in [0.25, 0.3) is 0 Å². The van der Waals surface area contributed by atoms with Crippen LogP contribution in [0.5, 0.6) is 0 Å². The van der Waals surface area contributed by atoms with E-state index in [1.165, 1.54) is 11.8 Å². The minimum absolute atomic E-state index is 0.155. The third kappa shape index (κ3) is 2.91. The van der Waals surface area contributed by atoms with Crippen molar-refractivity contribution >= 4 is 17.7 Å². The maximum absolute atomic E-state index is 10.7. The number of carboxylic acid groups (broad SMARTS) is 1. The van der Waals surface area contributed by atoms with Crippen LogP contribution < -0.4 is 0 Å². The highest BCUT2D eigenvalue weighted by Crippen LogP contribution is 2.51. The number of aliphatic carboxylic acids is 1. The molecule has 3 nitrogen and oxygen atoms in total. The number of nitriles is 1. The summed E-state index contributed by atoms with van der Waals surface area (Å²) in [6.45, 7) is 1.88. The Morgan fingerprint density at radius 3 is 2.71 bits per heavy atom. The van der Waals surface area contributed by atoms with E-state index in [1.807, 2.05) is 6.92 Å². The molecule has 1 unspecified atom stereocenters. The molecule has 1 aliphatic rings. The quantitative estimate of drug-likeness (QED) is 0.735. The molecule has 0 amide bonds.